The van der Waals surface area contributed by atoms with E-state index < -0.39 is 0 Å². The Hall–Kier alpha value is -2.34. The first-order chi connectivity index (χ1) is 13.1. The molecule has 1 unspecified atom stereocenters. The van der Waals surface area contributed by atoms with Gasteiger partial charge in [-0.15, -0.1) is 0 Å². The number of hydrogen-bond donors (Lipinski definition) is 1. The number of carbonyl (C=O) groups excluding carboxylic acids is 2. The molecule has 1 atom stereocenters. The van der Waals surface area contributed by atoms with Crippen LogP contribution in [0.4, 0.5) is 0 Å². The molecule has 27 heavy (non-hydrogen) atoms. The fourth-order valence-electron chi connectivity index (χ4n) is 3.35. The third kappa shape index (κ3) is 5.10. The highest BCUT2D eigenvalue weighted by Crippen LogP contribution is 2.17. The number of amides is 2. The Bertz CT molecular complexity index is 805. The summed E-state index contributed by atoms with van der Waals surface area (Å²) in [6.07, 6.45) is 6.50. The van der Waals surface area contributed by atoms with Crippen LogP contribution in [0.15, 0.2) is 36.7 Å². The van der Waals surface area contributed by atoms with Crippen molar-refractivity contribution in [3.63, 3.8) is 0 Å². The van der Waals surface area contributed by atoms with Gasteiger partial charge in [-0.05, 0) is 30.9 Å². The number of piperidine rings is 1. The molecule has 6 nitrogen and oxygen atoms in total. The van der Waals surface area contributed by atoms with E-state index in [0.717, 1.165) is 24.8 Å². The zero-order valence-electron chi connectivity index (χ0n) is 15.5. The Kier molecular flexibility index (Phi) is 6.50. The van der Waals surface area contributed by atoms with Gasteiger partial charge in [-0.1, -0.05) is 36.7 Å². The van der Waals surface area contributed by atoms with Gasteiger partial charge >= 0.3 is 0 Å². The fraction of sp³-hybridized carbons (Fsp3) is 0.450. The van der Waals surface area contributed by atoms with Crippen molar-refractivity contribution in [2.24, 2.45) is 0 Å². The minimum atomic E-state index is -0.0464. The van der Waals surface area contributed by atoms with Crippen LogP contribution in [0, 0.1) is 0 Å². The van der Waals surface area contributed by atoms with Crippen molar-refractivity contribution in [3.05, 3.63) is 52.8 Å². The first-order valence-corrected chi connectivity index (χ1v) is 9.79. The lowest BCUT2D eigenvalue weighted by Crippen LogP contribution is -2.49. The average Bonchev–Trinajstić information content (AvgIpc) is 3.12. The van der Waals surface area contributed by atoms with Crippen molar-refractivity contribution in [3.8, 4) is 0 Å². The predicted octanol–water partition coefficient (Wildman–Crippen LogP) is 3.11. The van der Waals surface area contributed by atoms with Crippen molar-refractivity contribution >= 4 is 23.4 Å². The van der Waals surface area contributed by atoms with Gasteiger partial charge < -0.3 is 10.2 Å². The molecule has 2 aromatic rings. The quantitative estimate of drug-likeness (QED) is 0.826. The summed E-state index contributed by atoms with van der Waals surface area (Å²) in [6, 6.07) is 7.63. The van der Waals surface area contributed by atoms with Gasteiger partial charge in [-0.3, -0.25) is 14.3 Å². The first-order valence-electron chi connectivity index (χ1n) is 9.41. The number of hydrogen-bond acceptors (Lipinski definition) is 3. The van der Waals surface area contributed by atoms with E-state index in [1.165, 1.54) is 0 Å². The minimum absolute atomic E-state index is 0.0277. The highest BCUT2D eigenvalue weighted by atomic mass is 35.5. The highest BCUT2D eigenvalue weighted by molar-refractivity contribution is 6.31. The summed E-state index contributed by atoms with van der Waals surface area (Å²) in [4.78, 5) is 26.4. The van der Waals surface area contributed by atoms with Gasteiger partial charge in [0.1, 0.15) is 0 Å². The second kappa shape index (κ2) is 9.04. The predicted molar refractivity (Wildman–Crippen MR) is 105 cm³/mol. The van der Waals surface area contributed by atoms with Crippen LogP contribution in [-0.4, -0.2) is 45.6 Å². The lowest BCUT2D eigenvalue weighted by Gasteiger charge is -2.33. The number of carbonyl (C=O) groups is 2. The Labute approximate surface area is 164 Å². The molecule has 2 amide bonds. The van der Waals surface area contributed by atoms with Gasteiger partial charge in [0, 0.05) is 36.8 Å². The highest BCUT2D eigenvalue weighted by Gasteiger charge is 2.26. The molecule has 0 radical (unpaired) electrons. The molecule has 1 fully saturated rings. The summed E-state index contributed by atoms with van der Waals surface area (Å²) in [5, 5.41) is 8.02. The minimum Gasteiger partial charge on any atom is -0.352 e. The van der Waals surface area contributed by atoms with E-state index in [1.807, 2.05) is 31.2 Å². The lowest BCUT2D eigenvalue weighted by atomic mass is 10.0. The van der Waals surface area contributed by atoms with Gasteiger partial charge in [0.25, 0.3) is 5.91 Å². The maximum Gasteiger partial charge on any atom is 0.257 e. The molecular formula is C20H25ClN4O2. The number of rotatable bonds is 6. The molecular weight excluding hydrogens is 364 g/mol. The molecule has 0 saturated carbocycles. The van der Waals surface area contributed by atoms with Gasteiger partial charge in [0.05, 0.1) is 18.3 Å². The van der Waals surface area contributed by atoms with Gasteiger partial charge in [-0.25, -0.2) is 0 Å². The number of nitrogens with zero attached hydrogens (tertiary/aromatic N) is 3. The third-order valence-electron chi connectivity index (χ3n) is 4.72. The van der Waals surface area contributed by atoms with E-state index in [9.17, 15) is 9.59 Å². The van der Waals surface area contributed by atoms with Crippen molar-refractivity contribution in [2.45, 2.75) is 45.2 Å². The maximum absolute atomic E-state index is 12.8. The van der Waals surface area contributed by atoms with E-state index in [4.69, 9.17) is 11.6 Å². The normalized spacial score (nSPS) is 17.0. The molecule has 7 heteroatoms. The number of aromatic nitrogens is 2. The molecule has 0 bridgehead atoms. The Morgan fingerprint density at radius 3 is 2.93 bits per heavy atom. The van der Waals surface area contributed by atoms with Crippen molar-refractivity contribution in [1.82, 2.24) is 20.0 Å². The number of likely N-dealkylation sites (tertiary alicyclic amines) is 1. The standard InChI is InChI=1S/C20H25ClN4O2/c1-2-6-19(26)23-17-8-5-10-24(14-17)20(27)16-11-22-25(13-16)12-15-7-3-4-9-18(15)21/h3-4,7,9,11,13,17H,2,5-6,8,10,12,14H2,1H3,(H,23,26). The summed E-state index contributed by atoms with van der Waals surface area (Å²) in [5.41, 5.74) is 1.51. The fourth-order valence-corrected chi connectivity index (χ4v) is 3.55. The van der Waals surface area contributed by atoms with Gasteiger partial charge in [-0.2, -0.15) is 5.10 Å². The van der Waals surface area contributed by atoms with Crippen LogP contribution in [0.2, 0.25) is 5.02 Å². The molecule has 0 spiro atoms. The molecule has 144 valence electrons. The van der Waals surface area contributed by atoms with Crippen LogP contribution in [0.3, 0.4) is 0 Å². The molecule has 1 N–H and O–H groups in total. The van der Waals surface area contributed by atoms with Crippen molar-refractivity contribution in [2.75, 3.05) is 13.1 Å². The maximum atomic E-state index is 12.8. The topological polar surface area (TPSA) is 67.2 Å². The summed E-state index contributed by atoms with van der Waals surface area (Å²) >= 11 is 6.19. The van der Waals surface area contributed by atoms with E-state index in [2.05, 4.69) is 10.4 Å². The van der Waals surface area contributed by atoms with Crippen LogP contribution in [0.1, 0.15) is 48.5 Å². The molecule has 1 aliphatic rings. The first kappa shape index (κ1) is 19.4. The molecule has 3 rings (SSSR count). The second-order valence-electron chi connectivity index (χ2n) is 6.93. The molecule has 1 saturated heterocycles. The second-order valence-corrected chi connectivity index (χ2v) is 7.33. The monoisotopic (exact) mass is 388 g/mol. The van der Waals surface area contributed by atoms with Crippen LogP contribution in [0.25, 0.3) is 0 Å². The van der Waals surface area contributed by atoms with E-state index in [-0.39, 0.29) is 17.9 Å². The van der Waals surface area contributed by atoms with Gasteiger partial charge in [0.2, 0.25) is 5.91 Å². The molecule has 1 aromatic heterocycles. The largest absolute Gasteiger partial charge is 0.352 e. The average molecular weight is 389 g/mol. The van der Waals surface area contributed by atoms with Crippen LogP contribution in [0.5, 0.6) is 0 Å². The van der Waals surface area contributed by atoms with E-state index in [1.54, 1.807) is 22.0 Å². The third-order valence-corrected chi connectivity index (χ3v) is 5.09. The lowest BCUT2D eigenvalue weighted by molar-refractivity contribution is -0.122. The Morgan fingerprint density at radius 1 is 1.33 bits per heavy atom. The molecule has 0 aliphatic carbocycles. The van der Waals surface area contributed by atoms with Crippen LogP contribution in [-0.2, 0) is 11.3 Å². The van der Waals surface area contributed by atoms with Crippen LogP contribution >= 0.6 is 11.6 Å². The Balaban J connectivity index is 1.61. The van der Waals surface area contributed by atoms with Gasteiger partial charge in [0.15, 0.2) is 0 Å². The zero-order chi connectivity index (χ0) is 19.2. The summed E-state index contributed by atoms with van der Waals surface area (Å²) < 4.78 is 1.72. The summed E-state index contributed by atoms with van der Waals surface area (Å²) in [6.45, 7) is 3.75. The number of nitrogens with one attached hydrogen (secondary N) is 1. The molecule has 1 aliphatic heterocycles. The Morgan fingerprint density at radius 2 is 2.15 bits per heavy atom. The van der Waals surface area contributed by atoms with E-state index >= 15 is 0 Å². The summed E-state index contributed by atoms with van der Waals surface area (Å²) in [7, 11) is 0. The summed E-state index contributed by atoms with van der Waals surface area (Å²) in [5.74, 6) is 0.0132. The van der Waals surface area contributed by atoms with Crippen molar-refractivity contribution in [1.29, 1.82) is 0 Å². The zero-order valence-corrected chi connectivity index (χ0v) is 16.3. The number of halogens is 1. The molecule has 1 aromatic carbocycles. The smallest absolute Gasteiger partial charge is 0.257 e. The van der Waals surface area contributed by atoms with E-state index in [0.29, 0.717) is 36.6 Å². The number of benzene rings is 1. The van der Waals surface area contributed by atoms with Crippen LogP contribution < -0.4 is 5.32 Å². The molecule has 2 heterocycles. The SMILES string of the molecule is CCCC(=O)NC1CCCN(C(=O)c2cnn(Cc3ccccc3Cl)c2)C1. The van der Waals surface area contributed by atoms with Crippen molar-refractivity contribution < 1.29 is 9.59 Å².